The lowest BCUT2D eigenvalue weighted by Crippen LogP contribution is -2.21. The topological polar surface area (TPSA) is 95.9 Å². The molecule has 0 fully saturated rings. The number of fused-ring (bicyclic) bond motifs is 2. The zero-order valence-electron chi connectivity index (χ0n) is 15.8. The molecule has 0 bridgehead atoms. The molecule has 1 atom stereocenters. The van der Waals surface area contributed by atoms with Gasteiger partial charge < -0.3 is 14.5 Å². The molecular weight excluding hydrogens is 428 g/mol. The maximum absolute atomic E-state index is 14.0. The van der Waals surface area contributed by atoms with Crippen molar-refractivity contribution in [1.29, 1.82) is 0 Å². The van der Waals surface area contributed by atoms with Crippen molar-refractivity contribution < 1.29 is 13.6 Å². The summed E-state index contributed by atoms with van der Waals surface area (Å²) in [5.41, 5.74) is -0.103. The Balaban J connectivity index is 1.50. The summed E-state index contributed by atoms with van der Waals surface area (Å²) in [6, 6.07) is 4.75. The van der Waals surface area contributed by atoms with Crippen molar-refractivity contribution in [3.63, 3.8) is 0 Å². The summed E-state index contributed by atoms with van der Waals surface area (Å²) >= 11 is 6.07. The molecule has 2 N–H and O–H groups in total. The Kier molecular flexibility index (Phi) is 4.55. The largest absolute Gasteiger partial charge is 0.356 e. The average molecular weight is 442 g/mol. The number of alkyl halides is 1. The van der Waals surface area contributed by atoms with E-state index in [0.29, 0.717) is 18.1 Å². The van der Waals surface area contributed by atoms with Crippen LogP contribution in [0.2, 0.25) is 0 Å². The lowest BCUT2D eigenvalue weighted by molar-refractivity contribution is 0.103. The molecule has 0 radical (unpaired) electrons. The molecule has 1 aliphatic heterocycles. The average Bonchev–Trinajstić information content (AvgIpc) is 3.33. The Hall–Kier alpha value is -3.59. The lowest BCUT2D eigenvalue weighted by atomic mass is 10.0. The number of ketones is 1. The van der Waals surface area contributed by atoms with Gasteiger partial charge in [-0.15, -0.1) is 11.6 Å². The van der Waals surface area contributed by atoms with Crippen molar-refractivity contribution in [2.75, 3.05) is 0 Å². The van der Waals surface area contributed by atoms with Gasteiger partial charge in [-0.25, -0.2) is 18.8 Å². The number of benzene rings is 1. The van der Waals surface area contributed by atoms with Gasteiger partial charge in [-0.05, 0) is 18.2 Å². The standard InChI is InChI=1S/C21H14ClF2N5O2/c22-10-6-15-20(26-7-10)28-16(27-15)9-29-5-4-11-12(8-25-18(11)21(29)31)19(30)17-13(23)2-1-3-14(17)24/h1-5,7-8,10,25H,6,9H2,(H,27,28). The van der Waals surface area contributed by atoms with Crippen molar-refractivity contribution in [1.82, 2.24) is 19.5 Å². The second-order valence-electron chi connectivity index (χ2n) is 7.15. The van der Waals surface area contributed by atoms with Crippen molar-refractivity contribution >= 4 is 40.3 Å². The van der Waals surface area contributed by atoms with Gasteiger partial charge in [0, 0.05) is 36.0 Å². The number of hydrogen-bond donors (Lipinski definition) is 2. The molecule has 156 valence electrons. The van der Waals surface area contributed by atoms with Crippen LogP contribution in [0.15, 0.2) is 46.4 Å². The second kappa shape index (κ2) is 7.28. The SMILES string of the molecule is O=C(c1c(F)cccc1F)c1c[nH]c2c(=O)n(Cc3nc4c([nH]3)CC(Cl)C=N4)ccc12. The van der Waals surface area contributed by atoms with Crippen LogP contribution in [0.5, 0.6) is 0 Å². The number of aromatic amines is 2. The molecule has 3 aromatic heterocycles. The Morgan fingerprint density at radius 3 is 2.81 bits per heavy atom. The Morgan fingerprint density at radius 2 is 2.03 bits per heavy atom. The molecule has 0 saturated heterocycles. The fourth-order valence-electron chi connectivity index (χ4n) is 3.66. The molecule has 1 aromatic carbocycles. The molecule has 0 spiro atoms. The molecule has 5 rings (SSSR count). The summed E-state index contributed by atoms with van der Waals surface area (Å²) in [6.45, 7) is 0.147. The summed E-state index contributed by atoms with van der Waals surface area (Å²) < 4.78 is 29.5. The first-order valence-corrected chi connectivity index (χ1v) is 9.81. The van der Waals surface area contributed by atoms with E-state index in [-0.39, 0.29) is 28.4 Å². The number of pyridine rings is 1. The van der Waals surface area contributed by atoms with E-state index >= 15 is 0 Å². The zero-order chi connectivity index (χ0) is 21.7. The summed E-state index contributed by atoms with van der Waals surface area (Å²) in [4.78, 5) is 40.1. The van der Waals surface area contributed by atoms with E-state index in [9.17, 15) is 18.4 Å². The molecule has 1 aliphatic rings. The molecule has 4 aromatic rings. The van der Waals surface area contributed by atoms with E-state index in [2.05, 4.69) is 19.9 Å². The maximum atomic E-state index is 14.0. The number of aromatic nitrogens is 4. The number of nitrogens with one attached hydrogen (secondary N) is 2. The molecule has 1 unspecified atom stereocenters. The highest BCUT2D eigenvalue weighted by Crippen LogP contribution is 2.24. The third-order valence-corrected chi connectivity index (χ3v) is 5.40. The Morgan fingerprint density at radius 1 is 1.26 bits per heavy atom. The normalized spacial score (nSPS) is 15.4. The molecular formula is C21H14ClF2N5O2. The van der Waals surface area contributed by atoms with Gasteiger partial charge in [0.2, 0.25) is 5.78 Å². The van der Waals surface area contributed by atoms with Crippen LogP contribution in [0.3, 0.4) is 0 Å². The minimum Gasteiger partial charge on any atom is -0.356 e. The molecule has 0 amide bonds. The molecule has 4 heterocycles. The van der Waals surface area contributed by atoms with E-state index in [1.807, 2.05) is 0 Å². The van der Waals surface area contributed by atoms with Crippen molar-refractivity contribution in [2.45, 2.75) is 18.3 Å². The predicted molar refractivity (Wildman–Crippen MR) is 112 cm³/mol. The highest BCUT2D eigenvalue weighted by atomic mass is 35.5. The fourth-order valence-corrected chi connectivity index (χ4v) is 3.87. The van der Waals surface area contributed by atoms with Crippen LogP contribution in [0.4, 0.5) is 14.6 Å². The van der Waals surface area contributed by atoms with E-state index in [0.717, 1.165) is 17.8 Å². The summed E-state index contributed by atoms with van der Waals surface area (Å²) in [6.07, 6.45) is 4.96. The van der Waals surface area contributed by atoms with Crippen LogP contribution in [0.25, 0.3) is 10.9 Å². The quantitative estimate of drug-likeness (QED) is 0.375. The van der Waals surface area contributed by atoms with Crippen LogP contribution < -0.4 is 5.56 Å². The number of imidazole rings is 1. The van der Waals surface area contributed by atoms with Crippen LogP contribution in [-0.4, -0.2) is 36.9 Å². The fraction of sp³-hybridized carbons (Fsp3) is 0.143. The van der Waals surface area contributed by atoms with Gasteiger partial charge in [-0.1, -0.05) is 6.07 Å². The van der Waals surface area contributed by atoms with Crippen molar-refractivity contribution in [2.24, 2.45) is 4.99 Å². The minimum absolute atomic E-state index is 0.0132. The Bertz CT molecular complexity index is 1420. The van der Waals surface area contributed by atoms with Gasteiger partial charge >= 0.3 is 0 Å². The van der Waals surface area contributed by atoms with Crippen LogP contribution >= 0.6 is 11.6 Å². The van der Waals surface area contributed by atoms with E-state index < -0.39 is 28.5 Å². The lowest BCUT2D eigenvalue weighted by Gasteiger charge is -2.06. The molecule has 0 aliphatic carbocycles. The highest BCUT2D eigenvalue weighted by Gasteiger charge is 2.23. The van der Waals surface area contributed by atoms with Gasteiger partial charge in [-0.2, -0.15) is 0 Å². The maximum Gasteiger partial charge on any atom is 0.275 e. The second-order valence-corrected chi connectivity index (χ2v) is 7.71. The van der Waals surface area contributed by atoms with Gasteiger partial charge in [-0.3, -0.25) is 9.59 Å². The summed E-state index contributed by atoms with van der Waals surface area (Å²) in [5.74, 6) is -1.69. The number of nitrogens with zero attached hydrogens (tertiary/aromatic N) is 3. The number of carbonyl (C=O) groups is 1. The number of hydrogen-bond acceptors (Lipinski definition) is 4. The van der Waals surface area contributed by atoms with Crippen molar-refractivity contribution in [3.8, 4) is 0 Å². The van der Waals surface area contributed by atoms with Crippen molar-refractivity contribution in [3.05, 3.63) is 81.3 Å². The number of carbonyl (C=O) groups excluding carboxylic acids is 1. The Labute approximate surface area is 178 Å². The first-order valence-electron chi connectivity index (χ1n) is 9.37. The van der Waals surface area contributed by atoms with Crippen LogP contribution in [0.1, 0.15) is 27.4 Å². The molecule has 10 heteroatoms. The number of aliphatic imine (C=N–C) groups is 1. The predicted octanol–water partition coefficient (Wildman–Crippen LogP) is 3.48. The highest BCUT2D eigenvalue weighted by molar-refractivity contribution is 6.28. The number of H-pyrrole nitrogens is 2. The minimum atomic E-state index is -0.962. The third kappa shape index (κ3) is 3.27. The smallest absolute Gasteiger partial charge is 0.275 e. The van der Waals surface area contributed by atoms with Crippen LogP contribution in [-0.2, 0) is 13.0 Å². The molecule has 0 saturated carbocycles. The summed E-state index contributed by atoms with van der Waals surface area (Å²) in [5, 5.41) is 0.0660. The van der Waals surface area contributed by atoms with Gasteiger partial charge in [0.15, 0.2) is 5.82 Å². The molecule has 31 heavy (non-hydrogen) atoms. The van der Waals surface area contributed by atoms with Gasteiger partial charge in [0.1, 0.15) is 23.0 Å². The summed E-state index contributed by atoms with van der Waals surface area (Å²) in [7, 11) is 0. The third-order valence-electron chi connectivity index (χ3n) is 5.13. The first-order chi connectivity index (χ1) is 14.9. The van der Waals surface area contributed by atoms with E-state index in [1.54, 1.807) is 12.3 Å². The van der Waals surface area contributed by atoms with Gasteiger partial charge in [0.25, 0.3) is 5.56 Å². The van der Waals surface area contributed by atoms with E-state index in [4.69, 9.17) is 11.6 Å². The van der Waals surface area contributed by atoms with E-state index in [1.165, 1.54) is 23.0 Å². The zero-order valence-corrected chi connectivity index (χ0v) is 16.6. The van der Waals surface area contributed by atoms with Gasteiger partial charge in [0.05, 0.1) is 23.2 Å². The monoisotopic (exact) mass is 441 g/mol. The number of rotatable bonds is 4. The molecule has 7 nitrogen and oxygen atoms in total. The number of halogens is 3. The first kappa shape index (κ1) is 19.4. The van der Waals surface area contributed by atoms with Crippen LogP contribution in [0, 0.1) is 11.6 Å².